The molecule has 0 saturated carbocycles. The van der Waals surface area contributed by atoms with Crippen LogP contribution in [-0.4, -0.2) is 36.6 Å². The number of carbonyl (C=O) groups is 3. The van der Waals surface area contributed by atoms with Gasteiger partial charge in [-0.25, -0.2) is 9.59 Å². The number of oxime groups is 1. The van der Waals surface area contributed by atoms with Crippen LogP contribution in [0, 0.1) is 0 Å². The number of amidine groups is 1. The van der Waals surface area contributed by atoms with Crippen LogP contribution in [0.1, 0.15) is 38.5 Å². The van der Waals surface area contributed by atoms with E-state index in [0.717, 1.165) is 11.3 Å². The number of nitrogens with zero attached hydrogens (tertiary/aromatic N) is 1. The molecule has 1 rings (SSSR count). The summed E-state index contributed by atoms with van der Waals surface area (Å²) in [5, 5.41) is 6.57. The van der Waals surface area contributed by atoms with Gasteiger partial charge in [0.2, 0.25) is 0 Å². The highest BCUT2D eigenvalue weighted by Crippen LogP contribution is 2.22. The number of hydrogen-bond acceptors (Lipinski definition) is 8. The number of thiophene rings is 1. The van der Waals surface area contributed by atoms with E-state index in [9.17, 15) is 14.4 Å². The van der Waals surface area contributed by atoms with Crippen molar-refractivity contribution in [2.45, 2.75) is 39.2 Å². The fraction of sp³-hybridized carbons (Fsp3) is 0.467. The zero-order valence-corrected chi connectivity index (χ0v) is 15.3. The van der Waals surface area contributed by atoms with Gasteiger partial charge in [-0.2, -0.15) is 0 Å². The molecule has 25 heavy (non-hydrogen) atoms. The summed E-state index contributed by atoms with van der Waals surface area (Å²) in [6.07, 6.45) is -0.863. The number of rotatable bonds is 6. The normalized spacial score (nSPS) is 11.6. The Labute approximate surface area is 149 Å². The second-order valence-corrected chi connectivity index (χ2v) is 6.89. The molecule has 0 unspecified atom stereocenters. The molecular formula is C15H21N3O6S. The monoisotopic (exact) mass is 371 g/mol. The minimum atomic E-state index is -0.711. The van der Waals surface area contributed by atoms with Gasteiger partial charge in [0.1, 0.15) is 5.60 Å². The van der Waals surface area contributed by atoms with E-state index in [4.69, 9.17) is 10.5 Å². The zero-order valence-electron chi connectivity index (χ0n) is 14.5. The first-order valence-electron chi connectivity index (χ1n) is 7.31. The van der Waals surface area contributed by atoms with Gasteiger partial charge in [-0.05, 0) is 32.9 Å². The van der Waals surface area contributed by atoms with Crippen molar-refractivity contribution in [2.24, 2.45) is 10.9 Å². The van der Waals surface area contributed by atoms with Gasteiger partial charge < -0.3 is 20.0 Å². The van der Waals surface area contributed by atoms with E-state index < -0.39 is 23.6 Å². The fourth-order valence-corrected chi connectivity index (χ4v) is 2.23. The molecule has 0 aliphatic rings. The number of nitrogens with two attached hydrogens (primary N) is 1. The van der Waals surface area contributed by atoms with Crippen LogP contribution >= 0.6 is 11.3 Å². The number of methoxy groups -OCH3 is 1. The number of anilines is 1. The first-order valence-corrected chi connectivity index (χ1v) is 8.12. The maximum Gasteiger partial charge on any atom is 0.412 e. The topological polar surface area (TPSA) is 129 Å². The van der Waals surface area contributed by atoms with E-state index in [0.29, 0.717) is 9.88 Å². The predicted octanol–water partition coefficient (Wildman–Crippen LogP) is 2.21. The van der Waals surface area contributed by atoms with Crippen LogP contribution in [0.15, 0.2) is 17.3 Å². The molecule has 0 aromatic carbocycles. The molecule has 0 radical (unpaired) electrons. The van der Waals surface area contributed by atoms with Crippen molar-refractivity contribution in [3.05, 3.63) is 17.0 Å². The van der Waals surface area contributed by atoms with E-state index in [-0.39, 0.29) is 18.7 Å². The summed E-state index contributed by atoms with van der Waals surface area (Å²) in [5.74, 6) is -1.27. The van der Waals surface area contributed by atoms with Gasteiger partial charge in [-0.1, -0.05) is 5.16 Å². The average Bonchev–Trinajstić information content (AvgIpc) is 2.96. The molecule has 0 fully saturated rings. The Bertz CT molecular complexity index is 662. The Balaban J connectivity index is 2.55. The number of hydrogen-bond donors (Lipinski definition) is 2. The van der Waals surface area contributed by atoms with E-state index >= 15 is 0 Å². The largest absolute Gasteiger partial charge is 0.469 e. The first kappa shape index (κ1) is 20.4. The minimum Gasteiger partial charge on any atom is -0.469 e. The van der Waals surface area contributed by atoms with Crippen LogP contribution in [0.4, 0.5) is 9.80 Å². The number of carbonyl (C=O) groups excluding carboxylic acids is 3. The lowest BCUT2D eigenvalue weighted by molar-refractivity contribution is -0.148. The maximum absolute atomic E-state index is 11.7. The van der Waals surface area contributed by atoms with Gasteiger partial charge in [-0.3, -0.25) is 10.1 Å². The van der Waals surface area contributed by atoms with Crippen LogP contribution in [0.5, 0.6) is 0 Å². The zero-order chi connectivity index (χ0) is 19.0. The van der Waals surface area contributed by atoms with Gasteiger partial charge in [-0.15, -0.1) is 11.3 Å². The Morgan fingerprint density at radius 2 is 1.84 bits per heavy atom. The Kier molecular flexibility index (Phi) is 7.37. The number of amides is 1. The third kappa shape index (κ3) is 8.15. The molecule has 9 nitrogen and oxygen atoms in total. The Morgan fingerprint density at radius 3 is 2.44 bits per heavy atom. The quantitative estimate of drug-likeness (QED) is 0.258. The van der Waals surface area contributed by atoms with E-state index in [1.807, 2.05) is 0 Å². The summed E-state index contributed by atoms with van der Waals surface area (Å²) in [7, 11) is 1.23. The highest BCUT2D eigenvalue weighted by molar-refractivity contribution is 7.18. The predicted molar refractivity (Wildman–Crippen MR) is 92.2 cm³/mol. The van der Waals surface area contributed by atoms with Crippen molar-refractivity contribution in [1.29, 1.82) is 0 Å². The molecule has 1 heterocycles. The highest BCUT2D eigenvalue weighted by atomic mass is 32.1. The Hall–Kier alpha value is -2.62. The van der Waals surface area contributed by atoms with Crippen LogP contribution in [0.25, 0.3) is 0 Å². The minimum absolute atomic E-state index is 0.0337. The summed E-state index contributed by atoms with van der Waals surface area (Å²) in [6, 6.07) is 3.23. The van der Waals surface area contributed by atoms with Crippen molar-refractivity contribution in [3.8, 4) is 0 Å². The van der Waals surface area contributed by atoms with Crippen LogP contribution < -0.4 is 11.1 Å². The van der Waals surface area contributed by atoms with Gasteiger partial charge in [0, 0.05) is 0 Å². The molecule has 1 aromatic rings. The molecule has 10 heteroatoms. The summed E-state index contributed by atoms with van der Waals surface area (Å²) < 4.78 is 9.54. The average molecular weight is 371 g/mol. The molecule has 1 aromatic heterocycles. The molecule has 0 atom stereocenters. The summed E-state index contributed by atoms with van der Waals surface area (Å²) in [6.45, 7) is 5.27. The van der Waals surface area contributed by atoms with Crippen LogP contribution in [0.2, 0.25) is 0 Å². The van der Waals surface area contributed by atoms with Gasteiger partial charge in [0.25, 0.3) is 0 Å². The lowest BCUT2D eigenvalue weighted by atomic mass is 10.2. The third-order valence-corrected chi connectivity index (χ3v) is 3.51. The number of esters is 1. The molecule has 0 saturated heterocycles. The third-order valence-electron chi connectivity index (χ3n) is 2.49. The van der Waals surface area contributed by atoms with Crippen LogP contribution in [-0.2, 0) is 23.9 Å². The second-order valence-electron chi connectivity index (χ2n) is 5.81. The fourth-order valence-electron chi connectivity index (χ4n) is 1.44. The summed E-state index contributed by atoms with van der Waals surface area (Å²) >= 11 is 1.14. The van der Waals surface area contributed by atoms with Crippen molar-refractivity contribution < 1.29 is 28.7 Å². The van der Waals surface area contributed by atoms with Crippen LogP contribution in [0.3, 0.4) is 0 Å². The second kappa shape index (κ2) is 9.02. The van der Waals surface area contributed by atoms with Crippen molar-refractivity contribution in [1.82, 2.24) is 0 Å². The lowest BCUT2D eigenvalue weighted by Gasteiger charge is -2.19. The van der Waals surface area contributed by atoms with E-state index in [1.54, 1.807) is 32.9 Å². The van der Waals surface area contributed by atoms with Crippen molar-refractivity contribution in [2.75, 3.05) is 12.4 Å². The van der Waals surface area contributed by atoms with Gasteiger partial charge in [0.05, 0.1) is 29.8 Å². The van der Waals surface area contributed by atoms with Gasteiger partial charge in [0.15, 0.2) is 5.84 Å². The summed E-state index contributed by atoms with van der Waals surface area (Å²) in [5.41, 5.74) is 5.11. The van der Waals surface area contributed by atoms with E-state index in [1.165, 1.54) is 7.11 Å². The van der Waals surface area contributed by atoms with Crippen molar-refractivity contribution >= 4 is 40.2 Å². The van der Waals surface area contributed by atoms with E-state index in [2.05, 4.69) is 20.0 Å². The molecular weight excluding hydrogens is 350 g/mol. The first-order chi connectivity index (χ1) is 11.6. The van der Waals surface area contributed by atoms with Gasteiger partial charge >= 0.3 is 18.0 Å². The Morgan fingerprint density at radius 1 is 1.20 bits per heavy atom. The lowest BCUT2D eigenvalue weighted by Crippen LogP contribution is -2.26. The molecule has 138 valence electrons. The summed E-state index contributed by atoms with van der Waals surface area (Å²) in [4.78, 5) is 39.1. The molecule has 0 spiro atoms. The highest BCUT2D eigenvalue weighted by Gasteiger charge is 2.17. The van der Waals surface area contributed by atoms with Crippen molar-refractivity contribution in [3.63, 3.8) is 0 Å². The molecule has 3 N–H and O–H groups in total. The number of ether oxygens (including phenoxy) is 2. The standard InChI is InChI=1S/C15H21N3O6S/c1-15(2,3)23-14(21)17-10-6-5-9(25-10)13(16)18-24-12(20)8-7-11(19)22-4/h5-6H,7-8H2,1-4H3,(H2,16,18)(H,17,21). The maximum atomic E-state index is 11.7. The molecule has 1 amide bonds. The SMILES string of the molecule is COC(=O)CCC(=O)ON=C(N)c1ccc(NC(=O)OC(C)(C)C)s1. The number of nitrogens with one attached hydrogen (secondary N) is 1. The molecule has 0 aliphatic heterocycles. The smallest absolute Gasteiger partial charge is 0.412 e. The molecule has 0 aliphatic carbocycles. The molecule has 0 bridgehead atoms.